The van der Waals surface area contributed by atoms with Crippen LogP contribution in [0.4, 0.5) is 8.78 Å². The van der Waals surface area contributed by atoms with Crippen molar-refractivity contribution in [2.75, 3.05) is 0 Å². The average Bonchev–Trinajstić information content (AvgIpc) is 2.31. The smallest absolute Gasteiger partial charge is 0.124 e. The molecule has 88 valence electrons. The molecule has 4 heteroatoms. The quantitative estimate of drug-likeness (QED) is 0.902. The zero-order valence-corrected chi connectivity index (χ0v) is 9.81. The highest BCUT2D eigenvalue weighted by atomic mass is 32.2. The molecule has 0 fully saturated rings. The number of rotatable bonds is 3. The maximum Gasteiger partial charge on any atom is 0.124 e. The molecule has 0 radical (unpaired) electrons. The highest BCUT2D eigenvalue weighted by Gasteiger charge is 2.02. The number of halogens is 2. The van der Waals surface area contributed by atoms with E-state index in [2.05, 4.69) is 0 Å². The van der Waals surface area contributed by atoms with E-state index >= 15 is 0 Å². The molecular formula is C13H11F2NS. The summed E-state index contributed by atoms with van der Waals surface area (Å²) in [5.74, 6) is -0.589. The molecule has 17 heavy (non-hydrogen) atoms. The topological polar surface area (TPSA) is 26.0 Å². The van der Waals surface area contributed by atoms with Crippen LogP contribution >= 0.6 is 11.8 Å². The van der Waals surface area contributed by atoms with Crippen molar-refractivity contribution in [1.82, 2.24) is 0 Å². The Morgan fingerprint density at radius 2 is 1.59 bits per heavy atom. The standard InChI is InChI=1S/C13H11F2NS/c14-10-1-3-12(4-2-10)17-13-6-9(8-16)5-11(15)7-13/h1-7H,8,16H2. The molecule has 0 amide bonds. The van der Waals surface area contributed by atoms with Gasteiger partial charge in [0, 0.05) is 16.3 Å². The maximum atomic E-state index is 13.3. The van der Waals surface area contributed by atoms with Crippen LogP contribution in [0.1, 0.15) is 5.56 Å². The van der Waals surface area contributed by atoms with Gasteiger partial charge in [0.15, 0.2) is 0 Å². The minimum absolute atomic E-state index is 0.281. The second-order valence-corrected chi connectivity index (χ2v) is 4.70. The molecule has 0 bridgehead atoms. The van der Waals surface area contributed by atoms with Crippen LogP contribution in [0, 0.1) is 11.6 Å². The molecule has 0 unspecified atom stereocenters. The van der Waals surface area contributed by atoms with E-state index in [4.69, 9.17) is 5.73 Å². The molecule has 0 spiro atoms. The number of hydrogen-bond acceptors (Lipinski definition) is 2. The van der Waals surface area contributed by atoms with Crippen LogP contribution in [-0.4, -0.2) is 0 Å². The molecule has 2 N–H and O–H groups in total. The van der Waals surface area contributed by atoms with Gasteiger partial charge in [0.2, 0.25) is 0 Å². The fraction of sp³-hybridized carbons (Fsp3) is 0.0769. The van der Waals surface area contributed by atoms with E-state index in [1.165, 1.54) is 36.0 Å². The maximum absolute atomic E-state index is 13.3. The fourth-order valence-corrected chi connectivity index (χ4v) is 2.36. The van der Waals surface area contributed by atoms with Crippen LogP contribution in [0.2, 0.25) is 0 Å². The molecule has 0 atom stereocenters. The summed E-state index contributed by atoms with van der Waals surface area (Å²) in [6.45, 7) is 0.300. The summed E-state index contributed by atoms with van der Waals surface area (Å²) in [5.41, 5.74) is 6.22. The highest BCUT2D eigenvalue weighted by molar-refractivity contribution is 7.99. The predicted octanol–water partition coefficient (Wildman–Crippen LogP) is 3.57. The second kappa shape index (κ2) is 5.29. The van der Waals surface area contributed by atoms with E-state index in [9.17, 15) is 8.78 Å². The van der Waals surface area contributed by atoms with Crippen LogP contribution in [0.5, 0.6) is 0 Å². The normalized spacial score (nSPS) is 10.5. The lowest BCUT2D eigenvalue weighted by Crippen LogP contribution is -1.96. The van der Waals surface area contributed by atoms with Crippen molar-refractivity contribution in [2.45, 2.75) is 16.3 Å². The lowest BCUT2D eigenvalue weighted by Gasteiger charge is -2.04. The third kappa shape index (κ3) is 3.28. The molecule has 0 aliphatic heterocycles. The summed E-state index contributed by atoms with van der Waals surface area (Å²) in [6, 6.07) is 10.8. The van der Waals surface area contributed by atoms with Crippen LogP contribution in [0.15, 0.2) is 52.3 Å². The van der Waals surface area contributed by atoms with Crippen LogP contribution in [-0.2, 0) is 6.54 Å². The Morgan fingerprint density at radius 3 is 2.24 bits per heavy atom. The first-order valence-electron chi connectivity index (χ1n) is 5.10. The minimum Gasteiger partial charge on any atom is -0.326 e. The van der Waals surface area contributed by atoms with Gasteiger partial charge in [-0.1, -0.05) is 11.8 Å². The SMILES string of the molecule is NCc1cc(F)cc(Sc2ccc(F)cc2)c1. The first-order valence-corrected chi connectivity index (χ1v) is 5.92. The highest BCUT2D eigenvalue weighted by Crippen LogP contribution is 2.29. The van der Waals surface area contributed by atoms with Gasteiger partial charge in [-0.25, -0.2) is 8.78 Å². The largest absolute Gasteiger partial charge is 0.326 e. The van der Waals surface area contributed by atoms with Gasteiger partial charge in [-0.15, -0.1) is 0 Å². The lowest BCUT2D eigenvalue weighted by atomic mass is 10.2. The van der Waals surface area contributed by atoms with E-state index in [0.29, 0.717) is 6.54 Å². The van der Waals surface area contributed by atoms with Gasteiger partial charge in [-0.3, -0.25) is 0 Å². The summed E-state index contributed by atoms with van der Waals surface area (Å²) in [4.78, 5) is 1.62. The van der Waals surface area contributed by atoms with Gasteiger partial charge >= 0.3 is 0 Å². The lowest BCUT2D eigenvalue weighted by molar-refractivity contribution is 0.621. The third-order valence-electron chi connectivity index (χ3n) is 2.22. The molecule has 0 aliphatic rings. The van der Waals surface area contributed by atoms with Gasteiger partial charge in [-0.05, 0) is 48.0 Å². The predicted molar refractivity (Wildman–Crippen MR) is 64.8 cm³/mol. The Labute approximate surface area is 103 Å². The zero-order valence-electron chi connectivity index (χ0n) is 8.99. The summed E-state index contributed by atoms with van der Waals surface area (Å²) >= 11 is 1.38. The van der Waals surface area contributed by atoms with Gasteiger partial charge in [-0.2, -0.15) is 0 Å². The van der Waals surface area contributed by atoms with E-state index < -0.39 is 0 Å². The van der Waals surface area contributed by atoms with Crippen LogP contribution in [0.3, 0.4) is 0 Å². The molecule has 2 rings (SSSR count). The zero-order chi connectivity index (χ0) is 12.3. The molecule has 0 saturated carbocycles. The van der Waals surface area contributed by atoms with E-state index in [0.717, 1.165) is 15.4 Å². The number of nitrogens with two attached hydrogens (primary N) is 1. The van der Waals surface area contributed by atoms with E-state index in [1.807, 2.05) is 6.07 Å². The Hall–Kier alpha value is -1.39. The molecule has 0 heterocycles. The van der Waals surface area contributed by atoms with Crippen molar-refractivity contribution in [1.29, 1.82) is 0 Å². The summed E-state index contributed by atoms with van der Waals surface area (Å²) < 4.78 is 26.0. The fourth-order valence-electron chi connectivity index (χ4n) is 1.44. The molecule has 0 aliphatic carbocycles. The number of hydrogen-bond donors (Lipinski definition) is 1. The summed E-state index contributed by atoms with van der Waals surface area (Å²) in [6.07, 6.45) is 0. The third-order valence-corrected chi connectivity index (χ3v) is 3.20. The molecule has 1 nitrogen and oxygen atoms in total. The number of benzene rings is 2. The molecule has 0 aromatic heterocycles. The Bertz CT molecular complexity index is 511. The Morgan fingerprint density at radius 1 is 0.882 bits per heavy atom. The van der Waals surface area contributed by atoms with Crippen molar-refractivity contribution in [3.8, 4) is 0 Å². The van der Waals surface area contributed by atoms with Gasteiger partial charge in [0.1, 0.15) is 11.6 Å². The Balaban J connectivity index is 2.23. The van der Waals surface area contributed by atoms with Crippen molar-refractivity contribution >= 4 is 11.8 Å². The van der Waals surface area contributed by atoms with Gasteiger partial charge < -0.3 is 5.73 Å². The van der Waals surface area contributed by atoms with Crippen LogP contribution in [0.25, 0.3) is 0 Å². The monoisotopic (exact) mass is 251 g/mol. The van der Waals surface area contributed by atoms with Crippen molar-refractivity contribution in [3.05, 3.63) is 59.7 Å². The summed E-state index contributed by atoms with van der Waals surface area (Å²) in [7, 11) is 0. The molecule has 2 aromatic rings. The van der Waals surface area contributed by atoms with Crippen molar-refractivity contribution in [3.63, 3.8) is 0 Å². The van der Waals surface area contributed by atoms with Crippen molar-refractivity contribution < 1.29 is 8.78 Å². The Kier molecular flexibility index (Phi) is 3.76. The first-order chi connectivity index (χ1) is 8.17. The summed E-state index contributed by atoms with van der Waals surface area (Å²) in [5, 5.41) is 0. The van der Waals surface area contributed by atoms with E-state index in [1.54, 1.807) is 12.1 Å². The van der Waals surface area contributed by atoms with Gasteiger partial charge in [0.25, 0.3) is 0 Å². The minimum atomic E-state index is -0.308. The first kappa shape index (κ1) is 12.1. The molecule has 0 saturated heterocycles. The molecule has 2 aromatic carbocycles. The van der Waals surface area contributed by atoms with E-state index in [-0.39, 0.29) is 11.6 Å². The average molecular weight is 251 g/mol. The van der Waals surface area contributed by atoms with Gasteiger partial charge in [0.05, 0.1) is 0 Å². The van der Waals surface area contributed by atoms with Crippen molar-refractivity contribution in [2.24, 2.45) is 5.73 Å². The van der Waals surface area contributed by atoms with Crippen LogP contribution < -0.4 is 5.73 Å². The molecular weight excluding hydrogens is 240 g/mol. The second-order valence-electron chi connectivity index (χ2n) is 3.56.